The second-order valence-corrected chi connectivity index (χ2v) is 5.03. The van der Waals surface area contributed by atoms with Crippen molar-refractivity contribution < 1.29 is 22.7 Å². The molecule has 0 spiro atoms. The minimum atomic E-state index is -4.57. The van der Waals surface area contributed by atoms with Crippen LogP contribution >= 0.6 is 11.6 Å². The molecular formula is C13H13ClF3NO2. The largest absolute Gasteiger partial charge is 0.412 e. The smallest absolute Gasteiger partial charge is 0.381 e. The number of nitrogens with one attached hydrogen (secondary N) is 1. The number of benzene rings is 1. The van der Waals surface area contributed by atoms with Gasteiger partial charge in [0, 0.05) is 11.6 Å². The van der Waals surface area contributed by atoms with Crippen LogP contribution in [0.2, 0.25) is 5.02 Å². The molecule has 110 valence electrons. The summed E-state index contributed by atoms with van der Waals surface area (Å²) in [5, 5.41) is 2.39. The van der Waals surface area contributed by atoms with E-state index in [-0.39, 0.29) is 12.2 Å². The molecule has 1 aliphatic heterocycles. The van der Waals surface area contributed by atoms with Crippen LogP contribution < -0.4 is 5.32 Å². The molecule has 1 aromatic carbocycles. The third-order valence-corrected chi connectivity index (χ3v) is 3.37. The molecule has 1 saturated heterocycles. The van der Waals surface area contributed by atoms with Crippen molar-refractivity contribution >= 4 is 17.5 Å². The first kappa shape index (κ1) is 15.1. The van der Waals surface area contributed by atoms with Crippen molar-refractivity contribution in [1.82, 2.24) is 5.32 Å². The summed E-state index contributed by atoms with van der Waals surface area (Å²) in [6, 6.07) is 3.20. The highest BCUT2D eigenvalue weighted by molar-refractivity contribution is 6.30. The fourth-order valence-corrected chi connectivity index (χ4v) is 2.14. The lowest BCUT2D eigenvalue weighted by Gasteiger charge is -2.23. The summed E-state index contributed by atoms with van der Waals surface area (Å²) < 4.78 is 44.2. The zero-order valence-corrected chi connectivity index (χ0v) is 11.2. The highest BCUT2D eigenvalue weighted by atomic mass is 35.5. The molecule has 0 radical (unpaired) electrons. The van der Waals surface area contributed by atoms with Crippen LogP contribution in [-0.4, -0.2) is 25.3 Å². The maximum Gasteiger partial charge on any atom is 0.412 e. The highest BCUT2D eigenvalue weighted by Crippen LogP contribution is 2.33. The standard InChI is InChI=1S/C13H13ClF3NO2/c14-10-3-1-8(2-4-10)11(13(15,16)17)18-12(19)9-5-6-20-7-9/h1-4,9,11H,5-7H2,(H,18,19)/t9-,11-/m1/s1. The van der Waals surface area contributed by atoms with Gasteiger partial charge in [-0.3, -0.25) is 4.79 Å². The van der Waals surface area contributed by atoms with Gasteiger partial charge in [0.15, 0.2) is 6.04 Å². The molecular weight excluding hydrogens is 295 g/mol. The van der Waals surface area contributed by atoms with Gasteiger partial charge in [0.25, 0.3) is 0 Å². The summed E-state index contributed by atoms with van der Waals surface area (Å²) in [6.45, 7) is 0.562. The molecule has 2 rings (SSSR count). The average Bonchev–Trinajstić information content (AvgIpc) is 2.89. The zero-order valence-electron chi connectivity index (χ0n) is 10.4. The van der Waals surface area contributed by atoms with Crippen LogP contribution in [0.4, 0.5) is 13.2 Å². The number of hydrogen-bond donors (Lipinski definition) is 1. The Labute approximate surface area is 119 Å². The first-order chi connectivity index (χ1) is 9.38. The van der Waals surface area contributed by atoms with E-state index in [0.717, 1.165) is 0 Å². The van der Waals surface area contributed by atoms with Gasteiger partial charge in [-0.2, -0.15) is 13.2 Å². The highest BCUT2D eigenvalue weighted by Gasteiger charge is 2.42. The number of carbonyl (C=O) groups excluding carboxylic acids is 1. The molecule has 0 unspecified atom stereocenters. The van der Waals surface area contributed by atoms with Crippen molar-refractivity contribution in [3.05, 3.63) is 34.9 Å². The van der Waals surface area contributed by atoms with Crippen molar-refractivity contribution in [2.24, 2.45) is 5.92 Å². The number of alkyl halides is 3. The van der Waals surface area contributed by atoms with E-state index in [1.807, 2.05) is 5.32 Å². The molecule has 2 atom stereocenters. The molecule has 3 nitrogen and oxygen atoms in total. The molecule has 1 N–H and O–H groups in total. The Morgan fingerprint density at radius 2 is 2.00 bits per heavy atom. The molecule has 0 saturated carbocycles. The first-order valence-corrected chi connectivity index (χ1v) is 6.46. The van der Waals surface area contributed by atoms with Gasteiger partial charge in [0.2, 0.25) is 5.91 Å². The molecule has 1 aromatic rings. The minimum Gasteiger partial charge on any atom is -0.381 e. The first-order valence-electron chi connectivity index (χ1n) is 6.08. The predicted molar refractivity (Wildman–Crippen MR) is 67.3 cm³/mol. The van der Waals surface area contributed by atoms with E-state index in [9.17, 15) is 18.0 Å². The van der Waals surface area contributed by atoms with Crippen molar-refractivity contribution in [3.63, 3.8) is 0 Å². The molecule has 1 amide bonds. The van der Waals surface area contributed by atoms with E-state index in [2.05, 4.69) is 0 Å². The number of hydrogen-bond acceptors (Lipinski definition) is 2. The third kappa shape index (κ3) is 3.64. The molecule has 0 aliphatic carbocycles. The summed E-state index contributed by atoms with van der Waals surface area (Å²) in [5.41, 5.74) is -0.0471. The molecule has 1 heterocycles. The van der Waals surface area contributed by atoms with Crippen molar-refractivity contribution in [1.29, 1.82) is 0 Å². The molecule has 1 aliphatic rings. The van der Waals surface area contributed by atoms with Gasteiger partial charge in [0.05, 0.1) is 12.5 Å². The van der Waals surface area contributed by atoms with Gasteiger partial charge in [-0.05, 0) is 24.1 Å². The van der Waals surface area contributed by atoms with E-state index in [1.54, 1.807) is 0 Å². The monoisotopic (exact) mass is 307 g/mol. The fraction of sp³-hybridized carbons (Fsp3) is 0.462. The molecule has 0 bridgehead atoms. The Morgan fingerprint density at radius 3 is 2.50 bits per heavy atom. The molecule has 20 heavy (non-hydrogen) atoms. The maximum absolute atomic E-state index is 13.1. The fourth-order valence-electron chi connectivity index (χ4n) is 2.01. The molecule has 7 heteroatoms. The SMILES string of the molecule is O=C(N[C@H](c1ccc(Cl)cc1)C(F)(F)F)[C@@H]1CCOC1. The van der Waals surface area contributed by atoms with E-state index in [1.165, 1.54) is 24.3 Å². The van der Waals surface area contributed by atoms with Gasteiger partial charge >= 0.3 is 6.18 Å². The minimum absolute atomic E-state index is 0.0471. The Morgan fingerprint density at radius 1 is 1.35 bits per heavy atom. The van der Waals surface area contributed by atoms with Crippen molar-refractivity contribution in [2.45, 2.75) is 18.6 Å². The van der Waals surface area contributed by atoms with Crippen molar-refractivity contribution in [3.8, 4) is 0 Å². The van der Waals surface area contributed by atoms with Crippen LogP contribution in [0.3, 0.4) is 0 Å². The van der Waals surface area contributed by atoms with E-state index < -0.39 is 24.0 Å². The Balaban J connectivity index is 2.15. The topological polar surface area (TPSA) is 38.3 Å². The zero-order chi connectivity index (χ0) is 14.8. The van der Waals surface area contributed by atoms with Crippen LogP contribution in [0.5, 0.6) is 0 Å². The van der Waals surface area contributed by atoms with Gasteiger partial charge in [-0.1, -0.05) is 23.7 Å². The summed E-state index contributed by atoms with van der Waals surface area (Å²) in [7, 11) is 0. The number of ether oxygens (including phenoxy) is 1. The average molecular weight is 308 g/mol. The normalized spacial score (nSPS) is 20.7. The van der Waals surface area contributed by atoms with Gasteiger partial charge in [-0.25, -0.2) is 0 Å². The summed E-state index contributed by atoms with van der Waals surface area (Å²) in [4.78, 5) is 11.8. The van der Waals surface area contributed by atoms with Crippen LogP contribution in [-0.2, 0) is 9.53 Å². The van der Waals surface area contributed by atoms with Gasteiger partial charge in [0.1, 0.15) is 0 Å². The summed E-state index contributed by atoms with van der Waals surface area (Å²) in [5.74, 6) is -1.16. The quantitative estimate of drug-likeness (QED) is 0.932. The lowest BCUT2D eigenvalue weighted by atomic mass is 10.0. The molecule has 0 aromatic heterocycles. The Kier molecular flexibility index (Phi) is 4.55. The predicted octanol–water partition coefficient (Wildman–Crippen LogP) is 3.10. The van der Waals surface area contributed by atoms with Gasteiger partial charge < -0.3 is 10.1 Å². The van der Waals surface area contributed by atoms with E-state index >= 15 is 0 Å². The van der Waals surface area contributed by atoms with Crippen molar-refractivity contribution in [2.75, 3.05) is 13.2 Å². The van der Waals surface area contributed by atoms with Crippen LogP contribution in [0.15, 0.2) is 24.3 Å². The second kappa shape index (κ2) is 6.01. The maximum atomic E-state index is 13.1. The number of rotatable bonds is 3. The lowest BCUT2D eigenvalue weighted by Crippen LogP contribution is -2.41. The van der Waals surface area contributed by atoms with Crippen LogP contribution in [0, 0.1) is 5.92 Å². The van der Waals surface area contributed by atoms with E-state index in [4.69, 9.17) is 16.3 Å². The summed E-state index contributed by atoms with van der Waals surface area (Å²) >= 11 is 5.65. The molecule has 1 fully saturated rings. The number of amides is 1. The summed E-state index contributed by atoms with van der Waals surface area (Å²) in [6.07, 6.45) is -4.13. The lowest BCUT2D eigenvalue weighted by molar-refractivity contribution is -0.164. The Hall–Kier alpha value is -1.27. The van der Waals surface area contributed by atoms with E-state index in [0.29, 0.717) is 18.1 Å². The number of halogens is 4. The third-order valence-electron chi connectivity index (χ3n) is 3.12. The van der Waals surface area contributed by atoms with Crippen LogP contribution in [0.25, 0.3) is 0 Å². The van der Waals surface area contributed by atoms with Crippen LogP contribution in [0.1, 0.15) is 18.0 Å². The Bertz CT molecular complexity index is 469. The number of carbonyl (C=O) groups is 1. The second-order valence-electron chi connectivity index (χ2n) is 4.60. The van der Waals surface area contributed by atoms with Gasteiger partial charge in [-0.15, -0.1) is 0 Å².